The molecule has 1 heterocycles. The van der Waals surface area contributed by atoms with E-state index < -0.39 is 0 Å². The van der Waals surface area contributed by atoms with E-state index in [-0.39, 0.29) is 0 Å². The number of aromatic nitrogens is 1. The van der Waals surface area contributed by atoms with Crippen molar-refractivity contribution in [2.75, 3.05) is 4.90 Å². The zero-order valence-corrected chi connectivity index (χ0v) is 34.0. The fourth-order valence-electron chi connectivity index (χ4n) is 9.86. The molecule has 0 aliphatic carbocycles. The molecule has 0 aliphatic heterocycles. The van der Waals surface area contributed by atoms with Gasteiger partial charge in [0.25, 0.3) is 0 Å². The van der Waals surface area contributed by atoms with Gasteiger partial charge in [-0.3, -0.25) is 0 Å². The number of anilines is 3. The molecule has 2 nitrogen and oxygen atoms in total. The van der Waals surface area contributed by atoms with Crippen LogP contribution in [0.2, 0.25) is 0 Å². The zero-order chi connectivity index (χ0) is 41.0. The lowest BCUT2D eigenvalue weighted by Crippen LogP contribution is -2.09. The van der Waals surface area contributed by atoms with Crippen molar-refractivity contribution in [2.24, 2.45) is 0 Å². The molecule has 0 saturated carbocycles. The van der Waals surface area contributed by atoms with Crippen LogP contribution in [0.5, 0.6) is 0 Å². The Bertz CT molecular complexity index is 3510. The van der Waals surface area contributed by atoms with E-state index >= 15 is 0 Å². The van der Waals surface area contributed by atoms with Crippen molar-refractivity contribution in [3.63, 3.8) is 0 Å². The van der Waals surface area contributed by atoms with Crippen LogP contribution in [0, 0.1) is 0 Å². The molecule has 11 aromatic carbocycles. The monoisotopic (exact) mass is 788 g/mol. The SMILES string of the molecule is c1ccc(-c2c3ccccc3c(-c3cccc4c(-n5c6ccccc6c6cc(-c7ccc(N(c8ccccc8)c8ccccc8)cc7)ccc65)cccc34)c3ccccc23)cc1. The third-order valence-corrected chi connectivity index (χ3v) is 12.6. The highest BCUT2D eigenvalue weighted by Gasteiger charge is 2.20. The Hall–Kier alpha value is -8.20. The number of rotatable bonds is 7. The lowest BCUT2D eigenvalue weighted by Gasteiger charge is -2.25. The number of fused-ring (bicyclic) bond motifs is 6. The minimum atomic E-state index is 1.12. The lowest BCUT2D eigenvalue weighted by atomic mass is 9.84. The number of hydrogen-bond acceptors (Lipinski definition) is 1. The highest BCUT2D eigenvalue weighted by atomic mass is 15.1. The molecule has 0 unspecified atom stereocenters. The Morgan fingerprint density at radius 3 is 1.37 bits per heavy atom. The normalized spacial score (nSPS) is 11.5. The highest BCUT2D eigenvalue weighted by Crippen LogP contribution is 2.46. The van der Waals surface area contributed by atoms with Gasteiger partial charge in [0.1, 0.15) is 0 Å². The number of hydrogen-bond donors (Lipinski definition) is 0. The van der Waals surface area contributed by atoms with Crippen molar-refractivity contribution in [2.45, 2.75) is 0 Å². The summed E-state index contributed by atoms with van der Waals surface area (Å²) in [6.07, 6.45) is 0. The van der Waals surface area contributed by atoms with Gasteiger partial charge in [0.15, 0.2) is 0 Å². The largest absolute Gasteiger partial charge is 0.311 e. The van der Waals surface area contributed by atoms with Gasteiger partial charge in [0, 0.05) is 33.2 Å². The molecule has 0 radical (unpaired) electrons. The second-order valence-electron chi connectivity index (χ2n) is 16.0. The quantitative estimate of drug-likeness (QED) is 0.146. The van der Waals surface area contributed by atoms with E-state index in [0.717, 1.165) is 17.1 Å². The average Bonchev–Trinajstić information content (AvgIpc) is 3.67. The van der Waals surface area contributed by atoms with Crippen LogP contribution >= 0.6 is 0 Å². The van der Waals surface area contributed by atoms with Gasteiger partial charge < -0.3 is 9.47 Å². The molecule has 0 saturated heterocycles. The third-order valence-electron chi connectivity index (χ3n) is 12.6. The molecule has 12 rings (SSSR count). The summed E-state index contributed by atoms with van der Waals surface area (Å²) in [7, 11) is 0. The van der Waals surface area contributed by atoms with Crippen molar-refractivity contribution >= 4 is 71.2 Å². The Morgan fingerprint density at radius 1 is 0.258 bits per heavy atom. The van der Waals surface area contributed by atoms with E-state index in [9.17, 15) is 0 Å². The molecule has 0 amide bonds. The van der Waals surface area contributed by atoms with Crippen LogP contribution in [-0.2, 0) is 0 Å². The predicted molar refractivity (Wildman–Crippen MR) is 264 cm³/mol. The third kappa shape index (κ3) is 5.80. The standard InChI is InChI=1S/C60H40N2/c1-4-18-42(19-5-1)59-51-25-10-12-27-53(51)60(54-28-13-11-26-52(54)59)50-31-16-30-48-47(50)29-17-33-57(48)62-56-32-15-14-24-49(56)55-40-43(36-39-58(55)62)41-34-37-46(38-35-41)61(44-20-6-2-7-21-44)45-22-8-3-9-23-45/h1-40H. The summed E-state index contributed by atoms with van der Waals surface area (Å²) in [4.78, 5) is 2.31. The van der Waals surface area contributed by atoms with Gasteiger partial charge in [-0.15, -0.1) is 0 Å². The van der Waals surface area contributed by atoms with Crippen LogP contribution < -0.4 is 4.90 Å². The summed E-state index contributed by atoms with van der Waals surface area (Å²) in [5, 5.41) is 9.96. The molecule has 290 valence electrons. The van der Waals surface area contributed by atoms with E-state index in [2.05, 4.69) is 252 Å². The van der Waals surface area contributed by atoms with Gasteiger partial charge in [-0.2, -0.15) is 0 Å². The lowest BCUT2D eigenvalue weighted by molar-refractivity contribution is 1.20. The van der Waals surface area contributed by atoms with Gasteiger partial charge in [-0.05, 0) is 121 Å². The van der Waals surface area contributed by atoms with Gasteiger partial charge in [0.2, 0.25) is 0 Å². The van der Waals surface area contributed by atoms with E-state index in [4.69, 9.17) is 0 Å². The van der Waals surface area contributed by atoms with Crippen molar-refractivity contribution in [1.82, 2.24) is 4.57 Å². The first-order chi connectivity index (χ1) is 30.8. The first-order valence-corrected chi connectivity index (χ1v) is 21.4. The fourth-order valence-corrected chi connectivity index (χ4v) is 9.86. The van der Waals surface area contributed by atoms with Crippen molar-refractivity contribution in [3.8, 4) is 39.1 Å². The molecule has 0 atom stereocenters. The van der Waals surface area contributed by atoms with Crippen LogP contribution in [-0.4, -0.2) is 4.57 Å². The molecule has 0 bridgehead atoms. The van der Waals surface area contributed by atoms with E-state index in [0.29, 0.717) is 0 Å². The second-order valence-corrected chi connectivity index (χ2v) is 16.0. The molecule has 0 spiro atoms. The smallest absolute Gasteiger partial charge is 0.0541 e. The Kier molecular flexibility index (Phi) is 8.53. The number of benzene rings is 11. The Balaban J connectivity index is 1.01. The van der Waals surface area contributed by atoms with E-state index in [1.165, 1.54) is 93.2 Å². The molecule has 12 aromatic rings. The van der Waals surface area contributed by atoms with Crippen molar-refractivity contribution in [1.29, 1.82) is 0 Å². The summed E-state index contributed by atoms with van der Waals surface area (Å²) in [6.45, 7) is 0. The van der Waals surface area contributed by atoms with Crippen molar-refractivity contribution in [3.05, 3.63) is 243 Å². The summed E-state index contributed by atoms with van der Waals surface area (Å²) < 4.78 is 2.47. The second kappa shape index (κ2) is 14.8. The summed E-state index contributed by atoms with van der Waals surface area (Å²) in [5.41, 5.74) is 14.3. The first kappa shape index (κ1) is 35.7. The highest BCUT2D eigenvalue weighted by molar-refractivity contribution is 6.24. The fraction of sp³-hybridized carbons (Fsp3) is 0. The molecule has 0 N–H and O–H groups in total. The molecule has 1 aromatic heterocycles. The molecular formula is C60H40N2. The summed E-state index contributed by atoms with van der Waals surface area (Å²) >= 11 is 0. The molecule has 0 fully saturated rings. The Labute approximate surface area is 360 Å². The maximum absolute atomic E-state index is 2.47. The van der Waals surface area contributed by atoms with Gasteiger partial charge in [0.05, 0.1) is 16.7 Å². The topological polar surface area (TPSA) is 8.17 Å². The Morgan fingerprint density at radius 2 is 0.726 bits per heavy atom. The van der Waals surface area contributed by atoms with Gasteiger partial charge in [-0.1, -0.05) is 182 Å². The van der Waals surface area contributed by atoms with Crippen LogP contribution in [0.25, 0.3) is 93.2 Å². The number of nitrogens with zero attached hydrogens (tertiary/aromatic N) is 2. The van der Waals surface area contributed by atoms with Crippen LogP contribution in [0.15, 0.2) is 243 Å². The zero-order valence-electron chi connectivity index (χ0n) is 34.0. The molecular weight excluding hydrogens is 749 g/mol. The molecule has 2 heteroatoms. The predicted octanol–water partition coefficient (Wildman–Crippen LogP) is 16.7. The van der Waals surface area contributed by atoms with Gasteiger partial charge in [-0.25, -0.2) is 0 Å². The molecule has 62 heavy (non-hydrogen) atoms. The maximum atomic E-state index is 2.47. The molecule has 0 aliphatic rings. The van der Waals surface area contributed by atoms with Crippen molar-refractivity contribution < 1.29 is 0 Å². The van der Waals surface area contributed by atoms with E-state index in [1.807, 2.05) is 0 Å². The van der Waals surface area contributed by atoms with Crippen LogP contribution in [0.3, 0.4) is 0 Å². The summed E-state index contributed by atoms with van der Waals surface area (Å²) in [5.74, 6) is 0. The van der Waals surface area contributed by atoms with Gasteiger partial charge >= 0.3 is 0 Å². The average molecular weight is 789 g/mol. The number of para-hydroxylation sites is 3. The minimum absolute atomic E-state index is 1.12. The minimum Gasteiger partial charge on any atom is -0.311 e. The van der Waals surface area contributed by atoms with E-state index in [1.54, 1.807) is 0 Å². The van der Waals surface area contributed by atoms with Crippen LogP contribution in [0.4, 0.5) is 17.1 Å². The van der Waals surface area contributed by atoms with Crippen LogP contribution in [0.1, 0.15) is 0 Å². The maximum Gasteiger partial charge on any atom is 0.0541 e. The first-order valence-electron chi connectivity index (χ1n) is 21.4. The summed E-state index contributed by atoms with van der Waals surface area (Å²) in [6, 6.07) is 88.3.